The number of ether oxygens (including phenoxy) is 1. The van der Waals surface area contributed by atoms with Crippen LogP contribution in [-0.4, -0.2) is 5.54 Å². The third-order valence-electron chi connectivity index (χ3n) is 4.96. The Kier molecular flexibility index (Phi) is 4.49. The van der Waals surface area contributed by atoms with E-state index in [1.165, 1.54) is 0 Å². The second-order valence-electron chi connectivity index (χ2n) is 8.06. The molecule has 0 radical (unpaired) electrons. The molecule has 27 heavy (non-hydrogen) atoms. The summed E-state index contributed by atoms with van der Waals surface area (Å²) in [5.74, 6) is 0.758. The van der Waals surface area contributed by atoms with Crippen molar-refractivity contribution < 1.29 is 4.74 Å². The zero-order chi connectivity index (χ0) is 19.1. The number of hydrogen-bond donors (Lipinski definition) is 1. The summed E-state index contributed by atoms with van der Waals surface area (Å²) in [6, 6.07) is 26.7. The van der Waals surface area contributed by atoms with Gasteiger partial charge in [-0.15, -0.1) is 0 Å². The molecule has 1 aliphatic heterocycles. The highest BCUT2D eigenvalue weighted by atomic mass is 35.5. The second-order valence-corrected chi connectivity index (χ2v) is 8.46. The number of hydrogen-bond acceptors (Lipinski definition) is 2. The minimum absolute atomic E-state index is 0.0731. The quantitative estimate of drug-likeness (QED) is 0.595. The summed E-state index contributed by atoms with van der Waals surface area (Å²) >= 11 is 6.56. The number of nitrogens with one attached hydrogen (secondary N) is 1. The summed E-state index contributed by atoms with van der Waals surface area (Å²) in [7, 11) is 0. The molecule has 3 heteroatoms. The van der Waals surface area contributed by atoms with Crippen LogP contribution in [0.15, 0.2) is 78.9 Å². The van der Waals surface area contributed by atoms with Crippen LogP contribution in [0.2, 0.25) is 5.02 Å². The summed E-state index contributed by atoms with van der Waals surface area (Å²) in [5, 5.41) is 4.45. The van der Waals surface area contributed by atoms with Crippen LogP contribution in [0.25, 0.3) is 0 Å². The highest BCUT2D eigenvalue weighted by Crippen LogP contribution is 2.55. The summed E-state index contributed by atoms with van der Waals surface area (Å²) in [5.41, 5.74) is 2.50. The van der Waals surface area contributed by atoms with E-state index in [-0.39, 0.29) is 11.6 Å². The van der Waals surface area contributed by atoms with Crippen LogP contribution in [0.3, 0.4) is 0 Å². The first-order valence-electron chi connectivity index (χ1n) is 9.28. The molecule has 3 aromatic carbocycles. The Morgan fingerprint density at radius 1 is 0.815 bits per heavy atom. The molecule has 1 N–H and O–H groups in total. The van der Waals surface area contributed by atoms with E-state index in [9.17, 15) is 0 Å². The highest BCUT2D eigenvalue weighted by Gasteiger charge is 2.52. The van der Waals surface area contributed by atoms with E-state index in [0.717, 1.165) is 22.4 Å². The highest BCUT2D eigenvalue weighted by molar-refractivity contribution is 6.32. The van der Waals surface area contributed by atoms with Crippen molar-refractivity contribution in [3.05, 3.63) is 101 Å². The average Bonchev–Trinajstić information content (AvgIpc) is 2.98. The van der Waals surface area contributed by atoms with E-state index in [0.29, 0.717) is 5.02 Å². The Morgan fingerprint density at radius 3 is 1.89 bits per heavy atom. The maximum atomic E-state index is 6.76. The lowest BCUT2D eigenvalue weighted by molar-refractivity contribution is 0.0851. The van der Waals surface area contributed by atoms with Gasteiger partial charge in [-0.05, 0) is 26.8 Å². The number of halogens is 1. The Bertz CT molecular complexity index is 892. The van der Waals surface area contributed by atoms with Gasteiger partial charge in [0, 0.05) is 22.2 Å². The topological polar surface area (TPSA) is 21.3 Å². The molecular weight excluding hydrogens is 354 g/mol. The summed E-state index contributed by atoms with van der Waals surface area (Å²) in [6.45, 7) is 6.53. The lowest BCUT2D eigenvalue weighted by Crippen LogP contribution is -2.49. The van der Waals surface area contributed by atoms with E-state index < -0.39 is 5.60 Å². The molecule has 1 heterocycles. The summed E-state index contributed by atoms with van der Waals surface area (Å²) in [4.78, 5) is 0. The summed E-state index contributed by atoms with van der Waals surface area (Å²) < 4.78 is 6.76. The van der Waals surface area contributed by atoms with Crippen LogP contribution in [0.1, 0.15) is 43.5 Å². The van der Waals surface area contributed by atoms with E-state index >= 15 is 0 Å². The zero-order valence-corrected chi connectivity index (χ0v) is 16.6. The normalized spacial score (nSPS) is 18.0. The number of fused-ring (bicyclic) bond motifs is 1. The van der Waals surface area contributed by atoms with Crippen LogP contribution in [0.5, 0.6) is 5.75 Å². The molecule has 0 unspecified atom stereocenters. The third-order valence-corrected chi connectivity index (χ3v) is 5.26. The zero-order valence-electron chi connectivity index (χ0n) is 15.9. The van der Waals surface area contributed by atoms with Gasteiger partial charge in [-0.3, -0.25) is 0 Å². The molecule has 4 rings (SSSR count). The summed E-state index contributed by atoms with van der Waals surface area (Å²) in [6.07, 6.45) is 0. The van der Waals surface area contributed by atoms with Gasteiger partial charge >= 0.3 is 0 Å². The molecular formula is C24H24ClNO. The Hall–Kier alpha value is -2.29. The van der Waals surface area contributed by atoms with Crippen molar-refractivity contribution in [3.8, 4) is 5.75 Å². The molecule has 138 valence electrons. The van der Waals surface area contributed by atoms with Crippen molar-refractivity contribution in [3.63, 3.8) is 0 Å². The van der Waals surface area contributed by atoms with Gasteiger partial charge < -0.3 is 10.1 Å². The molecule has 0 bridgehead atoms. The van der Waals surface area contributed by atoms with Crippen LogP contribution in [0.4, 0.5) is 0 Å². The van der Waals surface area contributed by atoms with E-state index in [1.54, 1.807) is 0 Å². The van der Waals surface area contributed by atoms with Crippen LogP contribution >= 0.6 is 11.6 Å². The first-order chi connectivity index (χ1) is 12.9. The number of rotatable bonds is 3. The first-order valence-corrected chi connectivity index (χ1v) is 9.66. The van der Waals surface area contributed by atoms with Gasteiger partial charge in [-0.1, -0.05) is 84.4 Å². The molecule has 0 amide bonds. The van der Waals surface area contributed by atoms with Crippen LogP contribution < -0.4 is 10.1 Å². The van der Waals surface area contributed by atoms with Crippen molar-refractivity contribution in [2.45, 2.75) is 38.0 Å². The standard InChI is InChI=1S/C24H24ClNO/c1-23(2,3)26-22-19-15-10-16-20(25)21(19)27-24(22,17-11-6-4-7-12-17)18-13-8-5-9-14-18/h4-16,22,26H,1-3H3/t22-/m0/s1. The van der Waals surface area contributed by atoms with E-state index in [1.807, 2.05) is 24.3 Å². The molecule has 1 atom stereocenters. The van der Waals surface area contributed by atoms with Crippen LogP contribution in [0, 0.1) is 0 Å². The Balaban J connectivity index is 2.01. The minimum atomic E-state index is -0.691. The van der Waals surface area contributed by atoms with Gasteiger partial charge in [-0.2, -0.15) is 0 Å². The fourth-order valence-corrected chi connectivity index (χ4v) is 4.12. The Labute approximate surface area is 166 Å². The number of benzene rings is 3. The largest absolute Gasteiger partial charge is 0.474 e. The molecule has 1 aliphatic rings. The SMILES string of the molecule is CC(C)(C)N[C@H]1c2cccc(Cl)c2OC1(c1ccccc1)c1ccccc1. The molecule has 0 spiro atoms. The smallest absolute Gasteiger partial charge is 0.179 e. The van der Waals surface area contributed by atoms with Gasteiger partial charge in [-0.25, -0.2) is 0 Å². The maximum absolute atomic E-state index is 6.76. The molecule has 3 aromatic rings. The fourth-order valence-electron chi connectivity index (χ4n) is 3.90. The Morgan fingerprint density at radius 2 is 1.37 bits per heavy atom. The molecule has 0 saturated heterocycles. The predicted molar refractivity (Wildman–Crippen MR) is 111 cm³/mol. The molecule has 2 nitrogen and oxygen atoms in total. The van der Waals surface area contributed by atoms with Gasteiger partial charge in [0.1, 0.15) is 5.75 Å². The second kappa shape index (κ2) is 6.70. The van der Waals surface area contributed by atoms with Crippen LogP contribution in [-0.2, 0) is 5.60 Å². The fraction of sp³-hybridized carbons (Fsp3) is 0.250. The van der Waals surface area contributed by atoms with Crippen molar-refractivity contribution in [2.24, 2.45) is 0 Å². The molecule has 0 saturated carbocycles. The minimum Gasteiger partial charge on any atom is -0.474 e. The van der Waals surface area contributed by atoms with Crippen molar-refractivity contribution in [1.29, 1.82) is 0 Å². The number of para-hydroxylation sites is 1. The monoisotopic (exact) mass is 377 g/mol. The molecule has 0 fully saturated rings. The lowest BCUT2D eigenvalue weighted by atomic mass is 9.78. The lowest BCUT2D eigenvalue weighted by Gasteiger charge is -2.39. The maximum Gasteiger partial charge on any atom is 0.179 e. The van der Waals surface area contributed by atoms with Gasteiger partial charge in [0.15, 0.2) is 5.60 Å². The van der Waals surface area contributed by atoms with E-state index in [2.05, 4.69) is 80.7 Å². The third kappa shape index (κ3) is 3.13. The van der Waals surface area contributed by atoms with Gasteiger partial charge in [0.05, 0.1) is 11.1 Å². The van der Waals surface area contributed by atoms with Gasteiger partial charge in [0.25, 0.3) is 0 Å². The van der Waals surface area contributed by atoms with E-state index in [4.69, 9.17) is 16.3 Å². The van der Waals surface area contributed by atoms with Crippen molar-refractivity contribution in [1.82, 2.24) is 5.32 Å². The molecule has 0 aromatic heterocycles. The predicted octanol–water partition coefficient (Wildman–Crippen LogP) is 6.11. The van der Waals surface area contributed by atoms with Crippen molar-refractivity contribution in [2.75, 3.05) is 0 Å². The molecule has 0 aliphatic carbocycles. The van der Waals surface area contributed by atoms with Gasteiger partial charge in [0.2, 0.25) is 0 Å². The average molecular weight is 378 g/mol. The first kappa shape index (κ1) is 18.1. The van der Waals surface area contributed by atoms with Crippen molar-refractivity contribution >= 4 is 11.6 Å².